The highest BCUT2D eigenvalue weighted by Crippen LogP contribution is 2.17. The fraction of sp³-hybridized carbons (Fsp3) is 0.188. The summed E-state index contributed by atoms with van der Waals surface area (Å²) in [5.41, 5.74) is 1.75. The van der Waals surface area contributed by atoms with Crippen molar-refractivity contribution in [1.29, 1.82) is 0 Å². The van der Waals surface area contributed by atoms with Gasteiger partial charge in [-0.3, -0.25) is 9.78 Å². The zero-order chi connectivity index (χ0) is 15.2. The number of hydrogen-bond acceptors (Lipinski definition) is 4. The Morgan fingerprint density at radius 3 is 2.81 bits per heavy atom. The highest BCUT2D eigenvalue weighted by molar-refractivity contribution is 5.97. The quantitative estimate of drug-likeness (QED) is 0.688. The molecule has 108 valence electrons. The fourth-order valence-electron chi connectivity index (χ4n) is 1.93. The second kappa shape index (κ2) is 6.65. The van der Waals surface area contributed by atoms with Gasteiger partial charge < -0.3 is 10.1 Å². The van der Waals surface area contributed by atoms with E-state index in [0.29, 0.717) is 0 Å². The lowest BCUT2D eigenvalue weighted by Gasteiger charge is -2.09. The van der Waals surface area contributed by atoms with Gasteiger partial charge in [0.25, 0.3) is 0 Å². The molecule has 5 heteroatoms. The summed E-state index contributed by atoms with van der Waals surface area (Å²) in [6.07, 6.45) is 4.78. The minimum atomic E-state index is -0.679. The molecule has 0 aliphatic heterocycles. The van der Waals surface area contributed by atoms with E-state index < -0.39 is 12.0 Å². The average Bonchev–Trinajstić information content (AvgIpc) is 2.51. The topological polar surface area (TPSA) is 68.3 Å². The molecule has 1 amide bonds. The van der Waals surface area contributed by atoms with E-state index in [1.54, 1.807) is 19.2 Å². The first-order valence-electron chi connectivity index (χ1n) is 6.52. The molecule has 1 aromatic heterocycles. The number of rotatable bonds is 4. The third-order valence-electron chi connectivity index (χ3n) is 3.01. The van der Waals surface area contributed by atoms with Crippen molar-refractivity contribution in [2.45, 2.75) is 13.0 Å². The maximum atomic E-state index is 11.8. The number of ether oxygens (including phenoxy) is 1. The molecule has 2 aromatic rings. The van der Waals surface area contributed by atoms with Crippen LogP contribution in [0.25, 0.3) is 17.0 Å². The van der Waals surface area contributed by atoms with Crippen LogP contribution in [0.15, 0.2) is 42.6 Å². The molecule has 0 aliphatic carbocycles. The van der Waals surface area contributed by atoms with Crippen molar-refractivity contribution in [3.05, 3.63) is 48.2 Å². The Hall–Kier alpha value is -2.69. The molecule has 0 bridgehead atoms. The van der Waals surface area contributed by atoms with Crippen LogP contribution in [0.1, 0.15) is 12.5 Å². The first-order chi connectivity index (χ1) is 10.1. The van der Waals surface area contributed by atoms with Crippen LogP contribution >= 0.6 is 0 Å². The van der Waals surface area contributed by atoms with Gasteiger partial charge in [0.1, 0.15) is 6.04 Å². The summed E-state index contributed by atoms with van der Waals surface area (Å²) in [6.45, 7) is 1.57. The molecule has 0 fully saturated rings. The van der Waals surface area contributed by atoms with Crippen LogP contribution in [0, 0.1) is 0 Å². The smallest absolute Gasteiger partial charge is 0.328 e. The Kier molecular flexibility index (Phi) is 4.66. The molecule has 1 heterocycles. The summed E-state index contributed by atoms with van der Waals surface area (Å²) in [6, 6.07) is 8.83. The lowest BCUT2D eigenvalue weighted by atomic mass is 10.1. The van der Waals surface area contributed by atoms with Gasteiger partial charge in [-0.05, 0) is 30.7 Å². The molecule has 1 aromatic carbocycles. The lowest BCUT2D eigenvalue weighted by Crippen LogP contribution is -2.38. The van der Waals surface area contributed by atoms with Gasteiger partial charge in [0, 0.05) is 17.7 Å². The Labute approximate surface area is 122 Å². The summed E-state index contributed by atoms with van der Waals surface area (Å²) in [7, 11) is 1.28. The molecule has 0 spiro atoms. The molecule has 21 heavy (non-hydrogen) atoms. The number of benzene rings is 1. The van der Waals surface area contributed by atoms with Gasteiger partial charge in [-0.25, -0.2) is 4.79 Å². The Morgan fingerprint density at radius 1 is 1.29 bits per heavy atom. The van der Waals surface area contributed by atoms with E-state index in [1.807, 2.05) is 30.3 Å². The average molecular weight is 284 g/mol. The van der Waals surface area contributed by atoms with Gasteiger partial charge in [0.05, 0.1) is 12.6 Å². The van der Waals surface area contributed by atoms with E-state index in [2.05, 4.69) is 15.0 Å². The second-order valence-electron chi connectivity index (χ2n) is 4.50. The number of carbonyl (C=O) groups is 2. The van der Waals surface area contributed by atoms with Crippen molar-refractivity contribution in [2.24, 2.45) is 0 Å². The molecule has 1 atom stereocenters. The first kappa shape index (κ1) is 14.7. The Bertz CT molecular complexity index is 689. The monoisotopic (exact) mass is 284 g/mol. The number of amides is 1. The number of esters is 1. The molecular weight excluding hydrogens is 268 g/mol. The van der Waals surface area contributed by atoms with Crippen molar-refractivity contribution < 1.29 is 14.3 Å². The summed E-state index contributed by atoms with van der Waals surface area (Å²) in [5, 5.41) is 3.50. The number of para-hydroxylation sites is 1. The van der Waals surface area contributed by atoms with Gasteiger partial charge in [-0.15, -0.1) is 0 Å². The highest BCUT2D eigenvalue weighted by atomic mass is 16.5. The van der Waals surface area contributed by atoms with Crippen LogP contribution in [-0.2, 0) is 14.3 Å². The van der Waals surface area contributed by atoms with Gasteiger partial charge in [0.15, 0.2) is 0 Å². The van der Waals surface area contributed by atoms with Crippen LogP contribution in [-0.4, -0.2) is 30.0 Å². The zero-order valence-electron chi connectivity index (χ0n) is 11.9. The first-order valence-corrected chi connectivity index (χ1v) is 6.52. The fourth-order valence-corrected chi connectivity index (χ4v) is 1.93. The molecule has 2 rings (SSSR count). The molecule has 0 aliphatic rings. The normalized spacial score (nSPS) is 12.3. The van der Waals surface area contributed by atoms with Gasteiger partial charge in [0.2, 0.25) is 5.91 Å². The van der Waals surface area contributed by atoms with Crippen molar-refractivity contribution >= 4 is 28.9 Å². The summed E-state index contributed by atoms with van der Waals surface area (Å²) >= 11 is 0. The van der Waals surface area contributed by atoms with E-state index in [1.165, 1.54) is 13.2 Å². The molecule has 0 saturated carbocycles. The van der Waals surface area contributed by atoms with Crippen molar-refractivity contribution in [2.75, 3.05) is 7.11 Å². The van der Waals surface area contributed by atoms with E-state index in [9.17, 15) is 9.59 Å². The zero-order valence-corrected chi connectivity index (χ0v) is 11.9. The standard InChI is InChI=1S/C16H16N2O3/c1-11(16(20)21-2)18-15(19)8-7-12-9-10-17-14-6-4-3-5-13(12)14/h3-11H,1-2H3,(H,18,19)/b8-7+/t11-/m0/s1. The van der Waals surface area contributed by atoms with Gasteiger partial charge in [-0.2, -0.15) is 0 Å². The highest BCUT2D eigenvalue weighted by Gasteiger charge is 2.13. The SMILES string of the molecule is COC(=O)[C@H](C)NC(=O)/C=C/c1ccnc2ccccc12. The Morgan fingerprint density at radius 2 is 2.05 bits per heavy atom. The number of hydrogen-bond donors (Lipinski definition) is 1. The van der Waals surface area contributed by atoms with E-state index in [4.69, 9.17) is 0 Å². The minimum absolute atomic E-state index is 0.353. The van der Waals surface area contributed by atoms with Crippen molar-refractivity contribution in [3.63, 3.8) is 0 Å². The molecule has 0 radical (unpaired) electrons. The number of aromatic nitrogens is 1. The minimum Gasteiger partial charge on any atom is -0.467 e. The number of carbonyl (C=O) groups excluding carboxylic acids is 2. The lowest BCUT2D eigenvalue weighted by molar-refractivity contribution is -0.144. The van der Waals surface area contributed by atoms with E-state index in [-0.39, 0.29) is 5.91 Å². The second-order valence-corrected chi connectivity index (χ2v) is 4.50. The molecule has 0 unspecified atom stereocenters. The third-order valence-corrected chi connectivity index (χ3v) is 3.01. The number of methoxy groups -OCH3 is 1. The van der Waals surface area contributed by atoms with Crippen LogP contribution in [0.3, 0.4) is 0 Å². The summed E-state index contributed by atoms with van der Waals surface area (Å²) in [4.78, 5) is 27.2. The van der Waals surface area contributed by atoms with Crippen LogP contribution in [0.5, 0.6) is 0 Å². The summed E-state index contributed by atoms with van der Waals surface area (Å²) in [5.74, 6) is -0.833. The molecule has 0 saturated heterocycles. The number of fused-ring (bicyclic) bond motifs is 1. The maximum absolute atomic E-state index is 11.8. The molecule has 5 nitrogen and oxygen atoms in total. The van der Waals surface area contributed by atoms with Crippen molar-refractivity contribution in [3.8, 4) is 0 Å². The Balaban J connectivity index is 2.13. The van der Waals surface area contributed by atoms with Gasteiger partial charge >= 0.3 is 5.97 Å². The third kappa shape index (κ3) is 3.66. The van der Waals surface area contributed by atoms with Gasteiger partial charge in [-0.1, -0.05) is 18.2 Å². The number of nitrogens with zero attached hydrogens (tertiary/aromatic N) is 1. The predicted octanol–water partition coefficient (Wildman–Crippen LogP) is 1.93. The largest absolute Gasteiger partial charge is 0.467 e. The molecular formula is C16H16N2O3. The molecule has 1 N–H and O–H groups in total. The summed E-state index contributed by atoms with van der Waals surface area (Å²) < 4.78 is 4.55. The van der Waals surface area contributed by atoms with Crippen LogP contribution in [0.4, 0.5) is 0 Å². The van der Waals surface area contributed by atoms with E-state index in [0.717, 1.165) is 16.5 Å². The number of nitrogens with one attached hydrogen (secondary N) is 1. The van der Waals surface area contributed by atoms with Crippen LogP contribution < -0.4 is 5.32 Å². The maximum Gasteiger partial charge on any atom is 0.328 e. The predicted molar refractivity (Wildman–Crippen MR) is 80.4 cm³/mol. The number of pyridine rings is 1. The van der Waals surface area contributed by atoms with Crippen molar-refractivity contribution in [1.82, 2.24) is 10.3 Å². The van der Waals surface area contributed by atoms with E-state index >= 15 is 0 Å². The van der Waals surface area contributed by atoms with Crippen LogP contribution in [0.2, 0.25) is 0 Å².